The van der Waals surface area contributed by atoms with Gasteiger partial charge >= 0.3 is 6.03 Å². The molecule has 3 atom stereocenters. The summed E-state index contributed by atoms with van der Waals surface area (Å²) in [5.41, 5.74) is 3.91. The number of rotatable bonds is 2. The van der Waals surface area contributed by atoms with Gasteiger partial charge in [0.15, 0.2) is 0 Å². The number of imide groups is 1. The van der Waals surface area contributed by atoms with Gasteiger partial charge in [0, 0.05) is 41.9 Å². The number of amides is 5. The number of carbonyl (C=O) groups excluding carboxylic acids is 4. The Kier molecular flexibility index (Phi) is 4.73. The van der Waals surface area contributed by atoms with Crippen LogP contribution in [0.5, 0.6) is 0 Å². The lowest BCUT2D eigenvalue weighted by Gasteiger charge is -2.29. The summed E-state index contributed by atoms with van der Waals surface area (Å²) in [4.78, 5) is 52.9. The maximum absolute atomic E-state index is 13.1. The maximum atomic E-state index is 13.1. The fourth-order valence-electron chi connectivity index (χ4n) is 4.93. The van der Waals surface area contributed by atoms with E-state index in [2.05, 4.69) is 17.6 Å². The van der Waals surface area contributed by atoms with Gasteiger partial charge in [-0.2, -0.15) is 0 Å². The monoisotopic (exact) mass is 432 g/mol. The van der Waals surface area contributed by atoms with Crippen molar-refractivity contribution in [2.45, 2.75) is 51.2 Å². The summed E-state index contributed by atoms with van der Waals surface area (Å²) in [5.74, 6) is -0.751. The van der Waals surface area contributed by atoms with E-state index in [9.17, 15) is 19.2 Å². The van der Waals surface area contributed by atoms with Gasteiger partial charge in [-0.3, -0.25) is 24.6 Å². The van der Waals surface area contributed by atoms with Crippen LogP contribution in [-0.4, -0.2) is 40.7 Å². The summed E-state index contributed by atoms with van der Waals surface area (Å²) < 4.78 is 0. The Hall–Kier alpha value is -3.68. The van der Waals surface area contributed by atoms with Crippen LogP contribution in [-0.2, 0) is 16.1 Å². The lowest BCUT2D eigenvalue weighted by atomic mass is 9.99. The van der Waals surface area contributed by atoms with Crippen molar-refractivity contribution in [1.82, 2.24) is 10.2 Å². The Balaban J connectivity index is 1.34. The average Bonchev–Trinajstić information content (AvgIpc) is 3.22. The number of hydrogen-bond acceptors (Lipinski definition) is 4. The van der Waals surface area contributed by atoms with Crippen LogP contribution in [0.1, 0.15) is 54.1 Å². The molecule has 0 spiro atoms. The van der Waals surface area contributed by atoms with Gasteiger partial charge in [0.2, 0.25) is 11.8 Å². The highest BCUT2D eigenvalue weighted by molar-refractivity contribution is 6.07. The predicted molar refractivity (Wildman–Crippen MR) is 118 cm³/mol. The Morgan fingerprint density at radius 2 is 1.88 bits per heavy atom. The van der Waals surface area contributed by atoms with Crippen LogP contribution in [0, 0.1) is 0 Å². The molecule has 3 unspecified atom stereocenters. The molecule has 2 N–H and O–H groups in total. The van der Waals surface area contributed by atoms with Crippen LogP contribution in [0.15, 0.2) is 42.5 Å². The molecule has 8 heteroatoms. The average molecular weight is 432 g/mol. The standard InChI is InChI=1S/C24H24N4O4/c1-13-14(2)28(19-6-4-3-5-17(13)19)24(32)25-16-7-8-18-15(11-16)12-27(23(18)31)20-9-10-21(29)26-22(20)30/h3-8,11,13-14,20H,9-10,12H2,1-2H3,(H,25,32)(H,26,29,30). The van der Waals surface area contributed by atoms with E-state index < -0.39 is 11.9 Å². The topological polar surface area (TPSA) is 98.8 Å². The Morgan fingerprint density at radius 3 is 2.66 bits per heavy atom. The zero-order valence-corrected chi connectivity index (χ0v) is 17.9. The highest BCUT2D eigenvalue weighted by Crippen LogP contribution is 2.40. The minimum absolute atomic E-state index is 0.0198. The molecule has 0 aliphatic carbocycles. The molecule has 3 aliphatic rings. The third-order valence-corrected chi connectivity index (χ3v) is 6.81. The van der Waals surface area contributed by atoms with Crippen LogP contribution in [0.2, 0.25) is 0 Å². The molecule has 5 amide bonds. The first-order valence-corrected chi connectivity index (χ1v) is 10.8. The van der Waals surface area contributed by atoms with Gasteiger partial charge in [-0.05, 0) is 48.7 Å². The number of fused-ring (bicyclic) bond motifs is 2. The van der Waals surface area contributed by atoms with Crippen LogP contribution in [0.4, 0.5) is 16.2 Å². The van der Waals surface area contributed by atoms with Gasteiger partial charge in [-0.25, -0.2) is 4.79 Å². The first-order valence-electron chi connectivity index (χ1n) is 10.8. The van der Waals surface area contributed by atoms with Gasteiger partial charge in [0.1, 0.15) is 6.04 Å². The fraction of sp³-hybridized carbons (Fsp3) is 0.333. The number of nitrogens with zero attached hydrogens (tertiary/aromatic N) is 2. The molecule has 0 aromatic heterocycles. The van der Waals surface area contributed by atoms with Crippen molar-refractivity contribution in [3.8, 4) is 0 Å². The molecular formula is C24H24N4O4. The minimum Gasteiger partial charge on any atom is -0.322 e. The molecule has 32 heavy (non-hydrogen) atoms. The van der Waals surface area contributed by atoms with Crippen LogP contribution < -0.4 is 15.5 Å². The number of benzene rings is 2. The highest BCUT2D eigenvalue weighted by atomic mass is 16.2. The van der Waals surface area contributed by atoms with Crippen molar-refractivity contribution in [3.05, 3.63) is 59.2 Å². The number of urea groups is 1. The minimum atomic E-state index is -0.658. The molecule has 5 rings (SSSR count). The van der Waals surface area contributed by atoms with Gasteiger partial charge in [-0.1, -0.05) is 25.1 Å². The zero-order chi connectivity index (χ0) is 22.6. The van der Waals surface area contributed by atoms with Gasteiger partial charge in [0.25, 0.3) is 5.91 Å². The van der Waals surface area contributed by atoms with E-state index in [1.54, 1.807) is 23.1 Å². The summed E-state index contributed by atoms with van der Waals surface area (Å²) in [5, 5.41) is 5.27. The van der Waals surface area contributed by atoms with Gasteiger partial charge < -0.3 is 10.2 Å². The molecule has 164 valence electrons. The largest absolute Gasteiger partial charge is 0.326 e. The highest BCUT2D eigenvalue weighted by Gasteiger charge is 2.40. The molecule has 1 saturated heterocycles. The Labute approximate surface area is 185 Å². The van der Waals surface area contributed by atoms with Crippen molar-refractivity contribution >= 4 is 35.1 Å². The van der Waals surface area contributed by atoms with E-state index in [0.29, 0.717) is 17.7 Å². The van der Waals surface area contributed by atoms with E-state index >= 15 is 0 Å². The molecule has 2 aromatic carbocycles. The van der Waals surface area contributed by atoms with Gasteiger partial charge in [0.05, 0.1) is 0 Å². The summed E-state index contributed by atoms with van der Waals surface area (Å²) in [6.45, 7) is 4.41. The first-order chi connectivity index (χ1) is 15.3. The van der Waals surface area contributed by atoms with Crippen molar-refractivity contribution in [3.63, 3.8) is 0 Å². The lowest BCUT2D eigenvalue weighted by Crippen LogP contribution is -2.52. The molecule has 0 bridgehead atoms. The number of piperidine rings is 1. The molecule has 8 nitrogen and oxygen atoms in total. The van der Waals surface area contributed by atoms with Crippen molar-refractivity contribution in [2.75, 3.05) is 10.2 Å². The molecule has 3 aliphatic heterocycles. The van der Waals surface area contributed by atoms with Crippen molar-refractivity contribution in [2.24, 2.45) is 0 Å². The second-order valence-electron chi connectivity index (χ2n) is 8.66. The first kappa shape index (κ1) is 20.2. The van der Waals surface area contributed by atoms with E-state index in [-0.39, 0.29) is 42.8 Å². The molecule has 3 heterocycles. The number of carbonyl (C=O) groups is 4. The second kappa shape index (κ2) is 7.47. The quantitative estimate of drug-likeness (QED) is 0.713. The Bertz CT molecular complexity index is 1160. The SMILES string of the molecule is CC1c2ccccc2N(C(=O)Nc2ccc3c(c2)CN(C2CCC(=O)NC2=O)C3=O)C1C. The summed E-state index contributed by atoms with van der Waals surface area (Å²) >= 11 is 0. The second-order valence-corrected chi connectivity index (χ2v) is 8.66. The molecule has 0 radical (unpaired) electrons. The normalized spacial score (nSPS) is 24.3. The predicted octanol–water partition coefficient (Wildman–Crippen LogP) is 2.99. The van der Waals surface area contributed by atoms with E-state index in [0.717, 1.165) is 16.8 Å². The van der Waals surface area contributed by atoms with Crippen molar-refractivity contribution < 1.29 is 19.2 Å². The lowest BCUT2D eigenvalue weighted by molar-refractivity contribution is -0.136. The summed E-state index contributed by atoms with van der Waals surface area (Å²) in [6, 6.07) is 12.2. The van der Waals surface area contributed by atoms with E-state index in [1.165, 1.54) is 4.90 Å². The van der Waals surface area contributed by atoms with E-state index in [1.807, 2.05) is 31.2 Å². The van der Waals surface area contributed by atoms with E-state index in [4.69, 9.17) is 0 Å². The van der Waals surface area contributed by atoms with Gasteiger partial charge in [-0.15, -0.1) is 0 Å². The number of nitrogens with one attached hydrogen (secondary N) is 2. The maximum Gasteiger partial charge on any atom is 0.326 e. The van der Waals surface area contributed by atoms with Crippen LogP contribution in [0.25, 0.3) is 0 Å². The smallest absolute Gasteiger partial charge is 0.322 e. The molecular weight excluding hydrogens is 408 g/mol. The molecule has 1 fully saturated rings. The zero-order valence-electron chi connectivity index (χ0n) is 17.9. The summed E-state index contributed by atoms with van der Waals surface area (Å²) in [6.07, 6.45) is 0.532. The third kappa shape index (κ3) is 3.14. The van der Waals surface area contributed by atoms with Crippen LogP contribution in [0.3, 0.4) is 0 Å². The summed E-state index contributed by atoms with van der Waals surface area (Å²) in [7, 11) is 0. The number of para-hydroxylation sites is 1. The number of anilines is 2. The Morgan fingerprint density at radius 1 is 1.09 bits per heavy atom. The number of hydrogen-bond donors (Lipinski definition) is 2. The van der Waals surface area contributed by atoms with Crippen molar-refractivity contribution in [1.29, 1.82) is 0 Å². The fourth-order valence-corrected chi connectivity index (χ4v) is 4.93. The molecule has 0 saturated carbocycles. The van der Waals surface area contributed by atoms with Crippen LogP contribution >= 0.6 is 0 Å². The molecule has 2 aromatic rings. The third-order valence-electron chi connectivity index (χ3n) is 6.81.